The molecule has 0 radical (unpaired) electrons. The summed E-state index contributed by atoms with van der Waals surface area (Å²) in [5.74, 6) is -0.869. The van der Waals surface area contributed by atoms with Crippen molar-refractivity contribution in [1.82, 2.24) is 14.8 Å². The van der Waals surface area contributed by atoms with Gasteiger partial charge < -0.3 is 19.7 Å². The zero-order valence-corrected chi connectivity index (χ0v) is 11.3. The smallest absolute Gasteiger partial charge is 0.329 e. The minimum absolute atomic E-state index is 0.319. The third kappa shape index (κ3) is 4.11. The van der Waals surface area contributed by atoms with Gasteiger partial charge >= 0.3 is 5.97 Å². The van der Waals surface area contributed by atoms with Crippen molar-refractivity contribution < 1.29 is 19.4 Å². The zero-order valence-electron chi connectivity index (χ0n) is 11.3. The number of carbonyl (C=O) groups is 2. The van der Waals surface area contributed by atoms with Crippen LogP contribution in [0.3, 0.4) is 0 Å². The van der Waals surface area contributed by atoms with Crippen LogP contribution < -0.4 is 5.32 Å². The summed E-state index contributed by atoms with van der Waals surface area (Å²) < 4.78 is 6.47. The van der Waals surface area contributed by atoms with Crippen LogP contribution in [-0.4, -0.2) is 45.0 Å². The van der Waals surface area contributed by atoms with E-state index in [9.17, 15) is 9.59 Å². The number of nitrogens with one attached hydrogen (secondary N) is 1. The van der Waals surface area contributed by atoms with Gasteiger partial charge in [-0.3, -0.25) is 4.79 Å². The predicted molar refractivity (Wildman–Crippen MR) is 73.5 cm³/mol. The van der Waals surface area contributed by atoms with Crippen molar-refractivity contribution in [3.63, 3.8) is 0 Å². The van der Waals surface area contributed by atoms with Crippen LogP contribution in [0, 0.1) is 0 Å². The molecule has 2 N–H and O–H groups in total. The Hall–Kier alpha value is -2.74. The molecule has 1 aromatic carbocycles. The van der Waals surface area contributed by atoms with E-state index < -0.39 is 18.5 Å². The normalized spacial score (nSPS) is 10.3. The van der Waals surface area contributed by atoms with E-state index in [2.05, 4.69) is 15.5 Å². The Morgan fingerprint density at radius 3 is 2.86 bits per heavy atom. The van der Waals surface area contributed by atoms with E-state index in [1.807, 2.05) is 13.1 Å². The average molecular weight is 290 g/mol. The first-order valence-corrected chi connectivity index (χ1v) is 6.10. The van der Waals surface area contributed by atoms with Gasteiger partial charge in [0, 0.05) is 18.3 Å². The Morgan fingerprint density at radius 2 is 2.19 bits per heavy atom. The van der Waals surface area contributed by atoms with Crippen LogP contribution in [0.25, 0.3) is 11.4 Å². The number of hydrogen-bond acceptors (Lipinski definition) is 5. The van der Waals surface area contributed by atoms with Gasteiger partial charge in [0.2, 0.25) is 5.91 Å². The Bertz CT molecular complexity index is 653. The highest BCUT2D eigenvalue weighted by Crippen LogP contribution is 2.19. The van der Waals surface area contributed by atoms with Crippen molar-refractivity contribution in [2.24, 2.45) is 7.05 Å². The molecular formula is C13H14N4O4. The van der Waals surface area contributed by atoms with Crippen molar-refractivity contribution >= 4 is 17.6 Å². The molecule has 21 heavy (non-hydrogen) atoms. The van der Waals surface area contributed by atoms with Gasteiger partial charge in [0.25, 0.3) is 0 Å². The Kier molecular flexibility index (Phi) is 4.62. The Labute approximate surface area is 120 Å². The molecule has 0 unspecified atom stereocenters. The maximum Gasteiger partial charge on any atom is 0.329 e. The van der Waals surface area contributed by atoms with Crippen LogP contribution in [0.15, 0.2) is 30.6 Å². The summed E-state index contributed by atoms with van der Waals surface area (Å²) in [6, 6.07) is 7.09. The predicted octanol–water partition coefficient (Wildman–Crippen LogP) is 0.522. The summed E-state index contributed by atoms with van der Waals surface area (Å²) in [7, 11) is 1.82. The SMILES string of the molecule is Cn1cnnc1-c1cccc(NC(=O)COCC(=O)O)c1. The lowest BCUT2D eigenvalue weighted by Gasteiger charge is -2.07. The van der Waals surface area contributed by atoms with E-state index in [1.165, 1.54) is 0 Å². The summed E-state index contributed by atoms with van der Waals surface area (Å²) >= 11 is 0. The van der Waals surface area contributed by atoms with Gasteiger partial charge in [-0.05, 0) is 12.1 Å². The van der Waals surface area contributed by atoms with E-state index in [0.29, 0.717) is 11.5 Å². The average Bonchev–Trinajstić information content (AvgIpc) is 2.85. The molecule has 0 aliphatic rings. The second-order valence-corrected chi connectivity index (χ2v) is 4.28. The zero-order chi connectivity index (χ0) is 15.2. The molecule has 0 saturated carbocycles. The van der Waals surface area contributed by atoms with Crippen LogP contribution in [0.5, 0.6) is 0 Å². The minimum atomic E-state index is -1.12. The number of nitrogens with zero attached hydrogens (tertiary/aromatic N) is 3. The highest BCUT2D eigenvalue weighted by molar-refractivity contribution is 5.92. The van der Waals surface area contributed by atoms with Gasteiger partial charge in [-0.1, -0.05) is 12.1 Å². The first kappa shape index (κ1) is 14.7. The lowest BCUT2D eigenvalue weighted by Crippen LogP contribution is -2.20. The highest BCUT2D eigenvalue weighted by atomic mass is 16.5. The largest absolute Gasteiger partial charge is 0.480 e. The maximum atomic E-state index is 11.6. The van der Waals surface area contributed by atoms with Gasteiger partial charge in [-0.2, -0.15) is 0 Å². The standard InChI is InChI=1S/C13H14N4O4/c1-17-8-14-16-13(17)9-3-2-4-10(5-9)15-11(18)6-21-7-12(19)20/h2-5,8H,6-7H2,1H3,(H,15,18)(H,19,20). The number of rotatable bonds is 6. The van der Waals surface area contributed by atoms with Gasteiger partial charge in [0.15, 0.2) is 5.82 Å². The fraction of sp³-hybridized carbons (Fsp3) is 0.231. The molecule has 0 bridgehead atoms. The minimum Gasteiger partial charge on any atom is -0.480 e. The number of carbonyl (C=O) groups excluding carboxylic acids is 1. The lowest BCUT2D eigenvalue weighted by atomic mass is 10.2. The molecule has 0 spiro atoms. The van der Waals surface area contributed by atoms with Crippen molar-refractivity contribution in [1.29, 1.82) is 0 Å². The summed E-state index contributed by atoms with van der Waals surface area (Å²) in [4.78, 5) is 21.9. The second kappa shape index (κ2) is 6.62. The van der Waals surface area contributed by atoms with E-state index in [1.54, 1.807) is 29.1 Å². The highest BCUT2D eigenvalue weighted by Gasteiger charge is 2.08. The van der Waals surface area contributed by atoms with Crippen LogP contribution in [-0.2, 0) is 21.4 Å². The molecule has 0 fully saturated rings. The third-order valence-corrected chi connectivity index (χ3v) is 2.57. The molecule has 8 nitrogen and oxygen atoms in total. The molecule has 2 aromatic rings. The third-order valence-electron chi connectivity index (χ3n) is 2.57. The van der Waals surface area contributed by atoms with E-state index in [4.69, 9.17) is 9.84 Å². The molecular weight excluding hydrogens is 276 g/mol. The number of aryl methyl sites for hydroxylation is 1. The molecule has 0 saturated heterocycles. The van der Waals surface area contributed by atoms with Crippen LogP contribution in [0.2, 0.25) is 0 Å². The number of anilines is 1. The molecule has 2 rings (SSSR count). The number of aromatic nitrogens is 3. The first-order chi connectivity index (χ1) is 10.1. The number of aliphatic carboxylic acids is 1. The fourth-order valence-corrected chi connectivity index (χ4v) is 1.71. The van der Waals surface area contributed by atoms with Crippen LogP contribution in [0.1, 0.15) is 0 Å². The molecule has 0 aliphatic heterocycles. The number of carboxylic acids is 1. The first-order valence-electron chi connectivity index (χ1n) is 6.10. The molecule has 1 amide bonds. The van der Waals surface area contributed by atoms with Gasteiger partial charge in [-0.25, -0.2) is 4.79 Å². The van der Waals surface area contributed by atoms with Crippen LogP contribution >= 0.6 is 0 Å². The number of benzene rings is 1. The molecule has 1 aromatic heterocycles. The molecule has 110 valence electrons. The van der Waals surface area contributed by atoms with E-state index in [0.717, 1.165) is 5.56 Å². The van der Waals surface area contributed by atoms with Crippen molar-refractivity contribution in [3.05, 3.63) is 30.6 Å². The number of carboxylic acid groups (broad SMARTS) is 1. The molecule has 1 heterocycles. The monoisotopic (exact) mass is 290 g/mol. The van der Waals surface area contributed by atoms with Crippen LogP contribution in [0.4, 0.5) is 5.69 Å². The Balaban J connectivity index is 2.00. The molecule has 0 atom stereocenters. The van der Waals surface area contributed by atoms with Crippen molar-refractivity contribution in [2.45, 2.75) is 0 Å². The molecule has 0 aliphatic carbocycles. The quantitative estimate of drug-likeness (QED) is 0.803. The molecule has 8 heteroatoms. The summed E-state index contributed by atoms with van der Waals surface area (Å²) in [5.41, 5.74) is 1.37. The number of hydrogen-bond donors (Lipinski definition) is 2. The summed E-state index contributed by atoms with van der Waals surface area (Å²) in [5, 5.41) is 18.8. The summed E-state index contributed by atoms with van der Waals surface area (Å²) in [6.45, 7) is -0.827. The number of ether oxygens (including phenoxy) is 1. The van der Waals surface area contributed by atoms with Gasteiger partial charge in [-0.15, -0.1) is 10.2 Å². The Morgan fingerprint density at radius 1 is 1.38 bits per heavy atom. The van der Waals surface area contributed by atoms with Gasteiger partial charge in [0.05, 0.1) is 0 Å². The van der Waals surface area contributed by atoms with Crippen molar-refractivity contribution in [2.75, 3.05) is 18.5 Å². The van der Waals surface area contributed by atoms with E-state index >= 15 is 0 Å². The summed E-state index contributed by atoms with van der Waals surface area (Å²) in [6.07, 6.45) is 1.58. The topological polar surface area (TPSA) is 106 Å². The fourth-order valence-electron chi connectivity index (χ4n) is 1.71. The lowest BCUT2D eigenvalue weighted by molar-refractivity contribution is -0.143. The second-order valence-electron chi connectivity index (χ2n) is 4.28. The van der Waals surface area contributed by atoms with Gasteiger partial charge in [0.1, 0.15) is 19.5 Å². The van der Waals surface area contributed by atoms with E-state index in [-0.39, 0.29) is 6.61 Å². The van der Waals surface area contributed by atoms with Crippen molar-refractivity contribution in [3.8, 4) is 11.4 Å². The maximum absolute atomic E-state index is 11.6. The number of amides is 1.